The lowest BCUT2D eigenvalue weighted by atomic mass is 10.1. The Bertz CT molecular complexity index is 945. The van der Waals surface area contributed by atoms with Gasteiger partial charge in [0, 0.05) is 12.4 Å². The summed E-state index contributed by atoms with van der Waals surface area (Å²) in [6.45, 7) is 2.14. The third-order valence-electron chi connectivity index (χ3n) is 3.66. The molecule has 4 rings (SSSR count). The van der Waals surface area contributed by atoms with Crippen LogP contribution < -0.4 is 4.90 Å². The molecule has 0 aliphatic carbocycles. The van der Waals surface area contributed by atoms with Crippen molar-refractivity contribution in [3.8, 4) is 0 Å². The van der Waals surface area contributed by atoms with E-state index in [1.807, 2.05) is 36.2 Å². The second kappa shape index (κ2) is 4.78. The van der Waals surface area contributed by atoms with Gasteiger partial charge in [-0.1, -0.05) is 18.2 Å². The molecule has 0 atom stereocenters. The second-order valence-corrected chi connectivity index (χ2v) is 6.01. The summed E-state index contributed by atoms with van der Waals surface area (Å²) in [6.07, 6.45) is 1.74. The Morgan fingerprint density at radius 3 is 3.00 bits per heavy atom. The number of esters is 1. The molecule has 6 heteroatoms. The normalized spacial score (nSPS) is 13.1. The van der Waals surface area contributed by atoms with Gasteiger partial charge in [-0.05, 0) is 13.0 Å². The maximum absolute atomic E-state index is 12.2. The number of fused-ring (bicyclic) bond motifs is 2. The maximum Gasteiger partial charge on any atom is 0.350 e. The lowest BCUT2D eigenvalue weighted by Crippen LogP contribution is -2.17. The lowest BCUT2D eigenvalue weighted by molar-refractivity contribution is 0.0533. The van der Waals surface area contributed by atoms with Crippen LogP contribution in [0.25, 0.3) is 21.1 Å². The molecular weight excluding hydrogens is 298 g/mol. The zero-order valence-electron chi connectivity index (χ0n) is 12.2. The number of aromatic nitrogens is 1. The Labute approximate surface area is 130 Å². The van der Waals surface area contributed by atoms with Crippen LogP contribution in [0.4, 0.5) is 11.4 Å². The van der Waals surface area contributed by atoms with Crippen LogP contribution in [0.1, 0.15) is 16.6 Å². The van der Waals surface area contributed by atoms with Crippen LogP contribution in [0.2, 0.25) is 0 Å². The standard InChI is InChI=1S/C16H13N3O2S/c1-3-21-16(20)14-12-11-13(19(2)8-17-12)9-6-4-5-7-10(9)18-15(11)22-14/h4-8H,3H2,1-2H3. The van der Waals surface area contributed by atoms with E-state index in [9.17, 15) is 4.79 Å². The molecule has 0 fully saturated rings. The van der Waals surface area contributed by atoms with Gasteiger partial charge in [0.05, 0.1) is 29.5 Å². The summed E-state index contributed by atoms with van der Waals surface area (Å²) in [6, 6.07) is 7.97. The summed E-state index contributed by atoms with van der Waals surface area (Å²) < 4.78 is 5.14. The SMILES string of the molecule is CCOC(=O)c1sc2nc3ccccc3c3c2c1N=CN3C. The summed E-state index contributed by atoms with van der Waals surface area (Å²) in [5.74, 6) is -0.336. The van der Waals surface area contributed by atoms with Crippen LogP contribution in [0, 0.1) is 0 Å². The third kappa shape index (κ3) is 1.74. The van der Waals surface area contributed by atoms with Gasteiger partial charge in [-0.25, -0.2) is 14.8 Å². The number of para-hydroxylation sites is 1. The highest BCUT2D eigenvalue weighted by atomic mass is 32.1. The van der Waals surface area contributed by atoms with Crippen molar-refractivity contribution in [2.45, 2.75) is 6.92 Å². The first-order chi connectivity index (χ1) is 10.7. The molecule has 0 saturated heterocycles. The molecule has 110 valence electrons. The molecule has 3 aromatic rings. The van der Waals surface area contributed by atoms with E-state index in [-0.39, 0.29) is 5.97 Å². The molecule has 5 nitrogen and oxygen atoms in total. The highest BCUT2D eigenvalue weighted by Crippen LogP contribution is 2.46. The Kier molecular flexibility index (Phi) is 2.87. The van der Waals surface area contributed by atoms with E-state index in [1.54, 1.807) is 13.3 Å². The number of carbonyl (C=O) groups excluding carboxylic acids is 1. The number of nitrogens with zero attached hydrogens (tertiary/aromatic N) is 3. The van der Waals surface area contributed by atoms with E-state index in [4.69, 9.17) is 4.74 Å². The van der Waals surface area contributed by atoms with Crippen molar-refractivity contribution in [3.05, 3.63) is 29.1 Å². The van der Waals surface area contributed by atoms with E-state index < -0.39 is 0 Å². The number of carbonyl (C=O) groups is 1. The summed E-state index contributed by atoms with van der Waals surface area (Å²) in [5.41, 5.74) is 2.62. The van der Waals surface area contributed by atoms with Crippen LogP contribution in [0.3, 0.4) is 0 Å². The van der Waals surface area contributed by atoms with Crippen molar-refractivity contribution in [2.24, 2.45) is 4.99 Å². The molecule has 3 heterocycles. The molecule has 2 aromatic heterocycles. The zero-order valence-corrected chi connectivity index (χ0v) is 13.0. The van der Waals surface area contributed by atoms with Crippen molar-refractivity contribution in [2.75, 3.05) is 18.6 Å². The fourth-order valence-electron chi connectivity index (χ4n) is 2.75. The van der Waals surface area contributed by atoms with Crippen LogP contribution in [-0.4, -0.2) is 30.9 Å². The largest absolute Gasteiger partial charge is 0.462 e. The Morgan fingerprint density at radius 2 is 2.18 bits per heavy atom. The molecule has 1 aromatic carbocycles. The molecule has 0 radical (unpaired) electrons. The van der Waals surface area contributed by atoms with Gasteiger partial charge < -0.3 is 9.64 Å². The molecule has 22 heavy (non-hydrogen) atoms. The molecule has 0 unspecified atom stereocenters. The topological polar surface area (TPSA) is 54.8 Å². The average molecular weight is 311 g/mol. The minimum atomic E-state index is -0.336. The van der Waals surface area contributed by atoms with E-state index in [0.717, 1.165) is 26.8 Å². The second-order valence-electron chi connectivity index (χ2n) is 5.01. The predicted octanol–water partition coefficient (Wildman–Crippen LogP) is 3.74. The van der Waals surface area contributed by atoms with Crippen LogP contribution in [0.5, 0.6) is 0 Å². The summed E-state index contributed by atoms with van der Waals surface area (Å²) >= 11 is 1.34. The molecule has 0 amide bonds. The van der Waals surface area contributed by atoms with Crippen LogP contribution in [0.15, 0.2) is 29.3 Å². The van der Waals surface area contributed by atoms with Crippen molar-refractivity contribution in [3.63, 3.8) is 0 Å². The molecule has 1 aliphatic heterocycles. The first-order valence-corrected chi connectivity index (χ1v) is 7.81. The van der Waals surface area contributed by atoms with Crippen LogP contribution >= 0.6 is 11.3 Å². The summed E-state index contributed by atoms with van der Waals surface area (Å²) in [4.78, 5) is 24.6. The first-order valence-electron chi connectivity index (χ1n) is 7.00. The number of pyridine rings is 1. The monoisotopic (exact) mass is 311 g/mol. The number of hydrogen-bond donors (Lipinski definition) is 0. The number of benzene rings is 1. The molecule has 0 spiro atoms. The number of anilines is 1. The summed E-state index contributed by atoms with van der Waals surface area (Å²) in [5, 5.41) is 1.98. The number of hydrogen-bond acceptors (Lipinski definition) is 6. The van der Waals surface area contributed by atoms with Gasteiger partial charge in [0.15, 0.2) is 0 Å². The van der Waals surface area contributed by atoms with Crippen molar-refractivity contribution < 1.29 is 9.53 Å². The van der Waals surface area contributed by atoms with Gasteiger partial charge in [0.2, 0.25) is 0 Å². The van der Waals surface area contributed by atoms with Crippen molar-refractivity contribution in [1.29, 1.82) is 0 Å². The fourth-order valence-corrected chi connectivity index (χ4v) is 3.77. The van der Waals surface area contributed by atoms with E-state index in [1.165, 1.54) is 11.3 Å². The number of aliphatic imine (C=N–C) groups is 1. The van der Waals surface area contributed by atoms with E-state index >= 15 is 0 Å². The molecule has 0 saturated carbocycles. The number of rotatable bonds is 2. The molecule has 0 N–H and O–H groups in total. The molecule has 0 bridgehead atoms. The lowest BCUT2D eigenvalue weighted by Gasteiger charge is -2.20. The van der Waals surface area contributed by atoms with Gasteiger partial charge >= 0.3 is 5.97 Å². The average Bonchev–Trinajstić information content (AvgIpc) is 2.89. The Morgan fingerprint density at radius 1 is 1.36 bits per heavy atom. The van der Waals surface area contributed by atoms with Crippen LogP contribution in [-0.2, 0) is 4.74 Å². The van der Waals surface area contributed by atoms with Crippen molar-refractivity contribution in [1.82, 2.24) is 4.98 Å². The highest BCUT2D eigenvalue weighted by Gasteiger charge is 2.27. The summed E-state index contributed by atoms with van der Waals surface area (Å²) in [7, 11) is 1.95. The van der Waals surface area contributed by atoms with Crippen molar-refractivity contribution >= 4 is 56.1 Å². The zero-order chi connectivity index (χ0) is 15.3. The maximum atomic E-state index is 12.2. The van der Waals surface area contributed by atoms with E-state index in [2.05, 4.69) is 9.98 Å². The van der Waals surface area contributed by atoms with E-state index in [0.29, 0.717) is 17.2 Å². The Balaban J connectivity index is 2.11. The quantitative estimate of drug-likeness (QED) is 0.677. The van der Waals surface area contributed by atoms with Gasteiger partial charge in [0.25, 0.3) is 0 Å². The number of thiophene rings is 1. The van der Waals surface area contributed by atoms with Gasteiger partial charge in [-0.15, -0.1) is 11.3 Å². The minimum Gasteiger partial charge on any atom is -0.462 e. The molecule has 1 aliphatic rings. The minimum absolute atomic E-state index is 0.336. The third-order valence-corrected chi connectivity index (χ3v) is 4.71. The van der Waals surface area contributed by atoms with Gasteiger partial charge in [-0.2, -0.15) is 0 Å². The smallest absolute Gasteiger partial charge is 0.350 e. The highest BCUT2D eigenvalue weighted by molar-refractivity contribution is 7.21. The van der Waals surface area contributed by atoms with Gasteiger partial charge in [-0.3, -0.25) is 0 Å². The van der Waals surface area contributed by atoms with Gasteiger partial charge in [0.1, 0.15) is 15.4 Å². The molecular formula is C16H13N3O2S. The fraction of sp³-hybridized carbons (Fsp3) is 0.188. The Hall–Kier alpha value is -2.47. The first kappa shape index (κ1) is 13.2. The number of ether oxygens (including phenoxy) is 1. The predicted molar refractivity (Wildman–Crippen MR) is 89.6 cm³/mol.